The molecule has 2 amide bonds. The van der Waals surface area contributed by atoms with Crippen molar-refractivity contribution in [1.29, 1.82) is 0 Å². The van der Waals surface area contributed by atoms with E-state index in [2.05, 4.69) is 32.1 Å². The van der Waals surface area contributed by atoms with Gasteiger partial charge in [0.15, 0.2) is 11.7 Å². The Morgan fingerprint density at radius 1 is 1.10 bits per heavy atom. The summed E-state index contributed by atoms with van der Waals surface area (Å²) in [4.78, 5) is 24.4. The molecule has 2 aromatic carbocycles. The third-order valence-corrected chi connectivity index (χ3v) is 5.10. The summed E-state index contributed by atoms with van der Waals surface area (Å²) in [6.07, 6.45) is 0. The van der Waals surface area contributed by atoms with E-state index in [0.717, 1.165) is 11.1 Å². The second-order valence-electron chi connectivity index (χ2n) is 6.19. The molecule has 0 radical (unpaired) electrons. The maximum Gasteiger partial charge on any atom is 0.276 e. The van der Waals surface area contributed by atoms with Crippen molar-refractivity contribution >= 4 is 56.7 Å². The number of amides is 2. The van der Waals surface area contributed by atoms with Gasteiger partial charge in [-0.25, -0.2) is 0 Å². The third-order valence-electron chi connectivity index (χ3n) is 3.81. The summed E-state index contributed by atoms with van der Waals surface area (Å²) in [6.45, 7) is 5.69. The monoisotopic (exact) mass is 513 g/mol. The van der Waals surface area contributed by atoms with E-state index in [1.54, 1.807) is 30.3 Å². The molecule has 30 heavy (non-hydrogen) atoms. The van der Waals surface area contributed by atoms with E-state index in [1.807, 2.05) is 20.8 Å². The van der Waals surface area contributed by atoms with Crippen molar-refractivity contribution in [3.05, 3.63) is 56.5 Å². The number of hydrazine groups is 1. The predicted octanol–water partition coefficient (Wildman–Crippen LogP) is 3.83. The minimum Gasteiger partial charge on any atom is -0.493 e. The molecule has 7 nitrogen and oxygen atoms in total. The van der Waals surface area contributed by atoms with Gasteiger partial charge in [0.05, 0.1) is 12.2 Å². The normalized spacial score (nSPS) is 10.2. The molecule has 0 aromatic heterocycles. The van der Waals surface area contributed by atoms with E-state index in [-0.39, 0.29) is 11.7 Å². The van der Waals surface area contributed by atoms with Crippen molar-refractivity contribution in [2.24, 2.45) is 0 Å². The molecule has 0 aliphatic heterocycles. The average molecular weight is 515 g/mol. The number of hydrogen-bond donors (Lipinski definition) is 3. The lowest BCUT2D eigenvalue weighted by molar-refractivity contribution is -0.123. The summed E-state index contributed by atoms with van der Waals surface area (Å²) in [7, 11) is 0. The molecule has 10 heteroatoms. The lowest BCUT2D eigenvalue weighted by atomic mass is 10.1. The summed E-state index contributed by atoms with van der Waals surface area (Å²) in [5, 5.41) is 3.07. The quantitative estimate of drug-likeness (QED) is 0.401. The molecule has 3 N–H and O–H groups in total. The van der Waals surface area contributed by atoms with Crippen LogP contribution in [0.2, 0.25) is 5.02 Å². The molecule has 0 saturated carbocycles. The number of thiocarbonyl (C=S) groups is 1. The van der Waals surface area contributed by atoms with Gasteiger partial charge in [0.25, 0.3) is 11.8 Å². The van der Waals surface area contributed by atoms with Gasteiger partial charge in [0.2, 0.25) is 0 Å². The van der Waals surface area contributed by atoms with E-state index >= 15 is 0 Å². The number of nitrogens with one attached hydrogen (secondary N) is 3. The van der Waals surface area contributed by atoms with E-state index in [0.29, 0.717) is 33.2 Å². The van der Waals surface area contributed by atoms with Crippen molar-refractivity contribution in [1.82, 2.24) is 16.2 Å². The maximum atomic E-state index is 12.5. The molecular weight excluding hydrogens is 494 g/mol. The summed E-state index contributed by atoms with van der Waals surface area (Å²) in [6, 6.07) is 8.55. The third kappa shape index (κ3) is 6.86. The van der Waals surface area contributed by atoms with E-state index < -0.39 is 11.8 Å². The number of ether oxygens (including phenoxy) is 2. The molecule has 0 atom stereocenters. The van der Waals surface area contributed by atoms with Gasteiger partial charge in [0, 0.05) is 9.50 Å². The highest BCUT2D eigenvalue weighted by atomic mass is 79.9. The molecule has 0 bridgehead atoms. The highest BCUT2D eigenvalue weighted by Crippen LogP contribution is 2.26. The predicted molar refractivity (Wildman–Crippen MR) is 123 cm³/mol. The zero-order valence-corrected chi connectivity index (χ0v) is 19.8. The van der Waals surface area contributed by atoms with Crippen molar-refractivity contribution in [3.63, 3.8) is 0 Å². The first-order valence-electron chi connectivity index (χ1n) is 8.93. The highest BCUT2D eigenvalue weighted by molar-refractivity contribution is 9.10. The number of halogens is 2. The summed E-state index contributed by atoms with van der Waals surface area (Å²) < 4.78 is 11.6. The summed E-state index contributed by atoms with van der Waals surface area (Å²) in [5.74, 6) is -0.00490. The van der Waals surface area contributed by atoms with Crippen LogP contribution >= 0.6 is 39.7 Å². The van der Waals surface area contributed by atoms with Crippen molar-refractivity contribution in [3.8, 4) is 11.5 Å². The van der Waals surface area contributed by atoms with Crippen LogP contribution < -0.4 is 25.6 Å². The zero-order valence-electron chi connectivity index (χ0n) is 16.6. The minimum atomic E-state index is -0.477. The molecule has 0 fully saturated rings. The molecule has 0 aliphatic carbocycles. The lowest BCUT2D eigenvalue weighted by Crippen LogP contribution is -2.49. The fourth-order valence-corrected chi connectivity index (χ4v) is 3.08. The van der Waals surface area contributed by atoms with Crippen LogP contribution in [-0.2, 0) is 4.79 Å². The van der Waals surface area contributed by atoms with Crippen LogP contribution in [-0.4, -0.2) is 30.1 Å². The average Bonchev–Trinajstić information content (AvgIpc) is 2.70. The Morgan fingerprint density at radius 2 is 1.77 bits per heavy atom. The van der Waals surface area contributed by atoms with Gasteiger partial charge in [-0.1, -0.05) is 27.5 Å². The Balaban J connectivity index is 1.85. The fourth-order valence-electron chi connectivity index (χ4n) is 2.46. The van der Waals surface area contributed by atoms with Gasteiger partial charge in [0.1, 0.15) is 11.5 Å². The molecule has 2 aromatic rings. The van der Waals surface area contributed by atoms with Gasteiger partial charge in [-0.2, -0.15) is 0 Å². The Bertz CT molecular complexity index is 948. The van der Waals surface area contributed by atoms with Crippen molar-refractivity contribution in [2.75, 3.05) is 13.2 Å². The fraction of sp³-hybridized carbons (Fsp3) is 0.250. The molecule has 2 rings (SSSR count). The van der Waals surface area contributed by atoms with Crippen LogP contribution in [0.3, 0.4) is 0 Å². The molecule has 0 saturated heterocycles. The van der Waals surface area contributed by atoms with Crippen LogP contribution in [0, 0.1) is 13.8 Å². The first-order valence-corrected chi connectivity index (χ1v) is 10.5. The van der Waals surface area contributed by atoms with Gasteiger partial charge in [-0.05, 0) is 74.4 Å². The van der Waals surface area contributed by atoms with E-state index in [4.69, 9.17) is 33.3 Å². The molecular formula is C20H21BrClN3O4S. The van der Waals surface area contributed by atoms with Crippen LogP contribution in [0.4, 0.5) is 0 Å². The summed E-state index contributed by atoms with van der Waals surface area (Å²) >= 11 is 14.5. The first kappa shape index (κ1) is 23.9. The van der Waals surface area contributed by atoms with Crippen LogP contribution in [0.15, 0.2) is 34.8 Å². The topological polar surface area (TPSA) is 88.7 Å². The van der Waals surface area contributed by atoms with Crippen LogP contribution in [0.5, 0.6) is 11.5 Å². The maximum absolute atomic E-state index is 12.5. The SMILES string of the molecule is CCOc1ccc(Br)cc1C(=O)NC(=S)NNC(=O)COc1cc(C)c(Cl)c(C)c1. The zero-order chi connectivity index (χ0) is 22.3. The van der Waals surface area contributed by atoms with E-state index in [1.165, 1.54) is 0 Å². The Labute approximate surface area is 193 Å². The number of aryl methyl sites for hydroxylation is 2. The van der Waals surface area contributed by atoms with Crippen LogP contribution in [0.1, 0.15) is 28.4 Å². The molecule has 0 aliphatic rings. The lowest BCUT2D eigenvalue weighted by Gasteiger charge is -2.14. The largest absolute Gasteiger partial charge is 0.493 e. The summed E-state index contributed by atoms with van der Waals surface area (Å²) in [5.41, 5.74) is 6.84. The second-order valence-corrected chi connectivity index (χ2v) is 7.89. The smallest absolute Gasteiger partial charge is 0.276 e. The first-order chi connectivity index (χ1) is 14.2. The number of benzene rings is 2. The Morgan fingerprint density at radius 3 is 2.40 bits per heavy atom. The number of carbonyl (C=O) groups is 2. The van der Waals surface area contributed by atoms with Crippen molar-refractivity contribution < 1.29 is 19.1 Å². The highest BCUT2D eigenvalue weighted by Gasteiger charge is 2.15. The second kappa shape index (κ2) is 11.1. The van der Waals surface area contributed by atoms with Crippen LogP contribution in [0.25, 0.3) is 0 Å². The standard InChI is InChI=1S/C20H21BrClN3O4S/c1-4-28-16-6-5-13(21)9-15(16)19(27)23-20(30)25-24-17(26)10-29-14-7-11(2)18(22)12(3)8-14/h5-9H,4,10H2,1-3H3,(H,24,26)(H2,23,25,27,30). The van der Waals surface area contributed by atoms with Gasteiger partial charge in [-0.3, -0.25) is 25.8 Å². The molecule has 0 heterocycles. The number of hydrogen-bond acceptors (Lipinski definition) is 5. The van der Waals surface area contributed by atoms with Gasteiger partial charge in [-0.15, -0.1) is 0 Å². The molecule has 0 spiro atoms. The van der Waals surface area contributed by atoms with E-state index in [9.17, 15) is 9.59 Å². The Kier molecular flexibility index (Phi) is 8.88. The molecule has 0 unspecified atom stereocenters. The van der Waals surface area contributed by atoms with Gasteiger partial charge < -0.3 is 9.47 Å². The van der Waals surface area contributed by atoms with Gasteiger partial charge >= 0.3 is 0 Å². The number of rotatable bonds is 6. The number of carbonyl (C=O) groups excluding carboxylic acids is 2. The molecule has 160 valence electrons. The Hall–Kier alpha value is -2.36. The minimum absolute atomic E-state index is 0.0750. The van der Waals surface area contributed by atoms with Crippen molar-refractivity contribution in [2.45, 2.75) is 20.8 Å².